The van der Waals surface area contributed by atoms with Gasteiger partial charge in [-0.2, -0.15) is 0 Å². The van der Waals surface area contributed by atoms with Gasteiger partial charge in [-0.15, -0.1) is 0 Å². The van der Waals surface area contributed by atoms with E-state index in [1.54, 1.807) is 7.11 Å². The number of benzene rings is 2. The predicted octanol–water partition coefficient (Wildman–Crippen LogP) is 2.76. The molecule has 0 spiro atoms. The van der Waals surface area contributed by atoms with Crippen molar-refractivity contribution in [2.75, 3.05) is 20.2 Å². The Morgan fingerprint density at radius 1 is 1.15 bits per heavy atom. The van der Waals surface area contributed by atoms with Crippen molar-refractivity contribution in [1.29, 1.82) is 0 Å². The number of carbonyl (C=O) groups excluding carboxylic acids is 1. The number of aliphatic hydroxyl groups excluding tert-OH is 1. The van der Waals surface area contributed by atoms with Gasteiger partial charge >= 0.3 is 6.03 Å². The molecule has 0 saturated heterocycles. The first kappa shape index (κ1) is 18.8. The molecule has 27 heavy (non-hydrogen) atoms. The van der Waals surface area contributed by atoms with Crippen LogP contribution in [0.4, 0.5) is 4.79 Å². The molecule has 1 heterocycles. The Bertz CT molecular complexity index is 903. The lowest BCUT2D eigenvalue weighted by Crippen LogP contribution is -2.38. The van der Waals surface area contributed by atoms with Crippen molar-refractivity contribution in [3.63, 3.8) is 0 Å². The quantitative estimate of drug-likeness (QED) is 0.601. The Hall–Kier alpha value is -2.99. The van der Waals surface area contributed by atoms with E-state index in [1.165, 1.54) is 0 Å². The molecule has 0 saturated carbocycles. The molecule has 0 bridgehead atoms. The average Bonchev–Trinajstić information content (AvgIpc) is 3.07. The maximum atomic E-state index is 11.9. The number of urea groups is 1. The second kappa shape index (κ2) is 8.60. The van der Waals surface area contributed by atoms with Crippen molar-refractivity contribution in [1.82, 2.24) is 15.2 Å². The summed E-state index contributed by atoms with van der Waals surface area (Å²) in [6, 6.07) is 15.3. The fraction of sp³-hybridized carbons (Fsp3) is 0.286. The number of carbonyl (C=O) groups is 1. The van der Waals surface area contributed by atoms with E-state index in [9.17, 15) is 9.90 Å². The van der Waals surface area contributed by atoms with E-state index >= 15 is 0 Å². The molecule has 3 N–H and O–H groups in total. The summed E-state index contributed by atoms with van der Waals surface area (Å²) < 4.78 is 7.15. The molecule has 1 aromatic heterocycles. The lowest BCUT2D eigenvalue weighted by atomic mass is 10.1. The smallest absolute Gasteiger partial charge is 0.314 e. The number of nitrogens with one attached hydrogen (secondary N) is 2. The lowest BCUT2D eigenvalue weighted by molar-refractivity contribution is 0.173. The first-order valence-electron chi connectivity index (χ1n) is 8.94. The highest BCUT2D eigenvalue weighted by Crippen LogP contribution is 2.20. The molecule has 6 nitrogen and oxygen atoms in total. The van der Waals surface area contributed by atoms with Crippen LogP contribution in [0.25, 0.3) is 10.9 Å². The maximum Gasteiger partial charge on any atom is 0.314 e. The summed E-state index contributed by atoms with van der Waals surface area (Å²) >= 11 is 0. The number of aryl methyl sites for hydroxylation is 1. The molecule has 3 rings (SSSR count). The molecule has 0 aliphatic heterocycles. The largest absolute Gasteiger partial charge is 0.497 e. The third-order valence-corrected chi connectivity index (χ3v) is 4.61. The van der Waals surface area contributed by atoms with E-state index in [0.29, 0.717) is 6.54 Å². The molecule has 0 aliphatic rings. The van der Waals surface area contributed by atoms with Crippen molar-refractivity contribution in [2.45, 2.75) is 12.5 Å². The zero-order valence-corrected chi connectivity index (χ0v) is 15.6. The normalized spacial score (nSPS) is 12.0. The zero-order chi connectivity index (χ0) is 19.2. The molecule has 1 atom stereocenters. The number of aromatic nitrogens is 1. The average molecular weight is 367 g/mol. The third-order valence-electron chi connectivity index (χ3n) is 4.61. The molecular formula is C21H25N3O3. The van der Waals surface area contributed by atoms with Crippen molar-refractivity contribution >= 4 is 16.9 Å². The van der Waals surface area contributed by atoms with E-state index in [4.69, 9.17) is 4.74 Å². The van der Waals surface area contributed by atoms with Crippen LogP contribution in [-0.4, -0.2) is 35.9 Å². The Morgan fingerprint density at radius 3 is 2.67 bits per heavy atom. The van der Waals surface area contributed by atoms with Crippen LogP contribution in [0.5, 0.6) is 5.75 Å². The summed E-state index contributed by atoms with van der Waals surface area (Å²) in [5.74, 6) is 0.812. The molecule has 0 fully saturated rings. The maximum absolute atomic E-state index is 11.9. The molecule has 6 heteroatoms. The second-order valence-electron chi connectivity index (χ2n) is 6.50. The number of methoxy groups -OCH3 is 1. The van der Waals surface area contributed by atoms with Gasteiger partial charge in [-0.05, 0) is 53.3 Å². The topological polar surface area (TPSA) is 75.5 Å². The minimum atomic E-state index is -0.748. The predicted molar refractivity (Wildman–Crippen MR) is 106 cm³/mol. The summed E-state index contributed by atoms with van der Waals surface area (Å²) in [5, 5.41) is 16.9. The minimum absolute atomic E-state index is 0.159. The van der Waals surface area contributed by atoms with Gasteiger partial charge in [0.05, 0.1) is 13.2 Å². The fourth-order valence-corrected chi connectivity index (χ4v) is 2.99. The van der Waals surface area contributed by atoms with Crippen molar-refractivity contribution in [2.24, 2.45) is 7.05 Å². The summed E-state index contributed by atoms with van der Waals surface area (Å²) in [6.07, 6.45) is 1.96. The molecule has 0 radical (unpaired) electrons. The fourth-order valence-electron chi connectivity index (χ4n) is 2.99. The van der Waals surface area contributed by atoms with Crippen LogP contribution in [0.3, 0.4) is 0 Å². The molecule has 2 aromatic carbocycles. The van der Waals surface area contributed by atoms with E-state index < -0.39 is 6.10 Å². The summed E-state index contributed by atoms with van der Waals surface area (Å²) in [6.45, 7) is 0.678. The Kier molecular flexibility index (Phi) is 5.98. The molecule has 142 valence electrons. The Labute approximate surface area is 158 Å². The number of ether oxygens (including phenoxy) is 1. The first-order chi connectivity index (χ1) is 13.1. The Balaban J connectivity index is 1.43. The number of nitrogens with zero attached hydrogens (tertiary/aromatic N) is 1. The van der Waals surface area contributed by atoms with Crippen LogP contribution in [-0.2, 0) is 13.5 Å². The summed E-state index contributed by atoms with van der Waals surface area (Å²) in [7, 11) is 3.61. The van der Waals surface area contributed by atoms with E-state index in [1.807, 2.05) is 66.3 Å². The van der Waals surface area contributed by atoms with E-state index in [0.717, 1.165) is 34.2 Å². The van der Waals surface area contributed by atoms with E-state index in [-0.39, 0.29) is 12.6 Å². The van der Waals surface area contributed by atoms with Crippen LogP contribution in [0, 0.1) is 0 Å². The number of fused-ring (bicyclic) bond motifs is 1. The van der Waals surface area contributed by atoms with Gasteiger partial charge in [-0.25, -0.2) is 4.79 Å². The zero-order valence-electron chi connectivity index (χ0n) is 15.6. The molecule has 3 aromatic rings. The first-order valence-corrected chi connectivity index (χ1v) is 8.94. The highest BCUT2D eigenvalue weighted by atomic mass is 16.5. The molecular weight excluding hydrogens is 342 g/mol. The van der Waals surface area contributed by atoms with Gasteiger partial charge in [0.25, 0.3) is 0 Å². The number of hydrogen-bond donors (Lipinski definition) is 3. The summed E-state index contributed by atoms with van der Waals surface area (Å²) in [4.78, 5) is 11.9. The highest BCUT2D eigenvalue weighted by molar-refractivity contribution is 5.81. The van der Waals surface area contributed by atoms with Gasteiger partial charge in [0.1, 0.15) is 5.75 Å². The number of rotatable bonds is 7. The second-order valence-corrected chi connectivity index (χ2v) is 6.50. The van der Waals surface area contributed by atoms with Gasteiger partial charge in [0.15, 0.2) is 0 Å². The van der Waals surface area contributed by atoms with Gasteiger partial charge < -0.3 is 25.0 Å². The third kappa shape index (κ3) is 4.80. The van der Waals surface area contributed by atoms with Gasteiger partial charge in [-0.3, -0.25) is 0 Å². The molecule has 2 amide bonds. The monoisotopic (exact) mass is 367 g/mol. The minimum Gasteiger partial charge on any atom is -0.497 e. The van der Waals surface area contributed by atoms with E-state index in [2.05, 4.69) is 10.6 Å². The lowest BCUT2D eigenvalue weighted by Gasteiger charge is -2.13. The van der Waals surface area contributed by atoms with Crippen LogP contribution < -0.4 is 15.4 Å². The number of amides is 2. The van der Waals surface area contributed by atoms with Crippen LogP contribution in [0.2, 0.25) is 0 Å². The van der Waals surface area contributed by atoms with Gasteiger partial charge in [0.2, 0.25) is 0 Å². The molecule has 0 aliphatic carbocycles. The highest BCUT2D eigenvalue weighted by Gasteiger charge is 2.11. The van der Waals surface area contributed by atoms with Gasteiger partial charge in [-0.1, -0.05) is 18.2 Å². The standard InChI is InChI=1S/C21H25N3O3/c1-24-12-10-16-13-17(5-8-19(16)24)20(25)14-23-21(26)22-11-9-15-3-6-18(27-2)7-4-15/h3-8,10,12-13,20,25H,9,11,14H2,1-2H3,(H2,22,23,26)/t20-/m0/s1. The van der Waals surface area contributed by atoms with Crippen LogP contribution in [0.15, 0.2) is 54.7 Å². The van der Waals surface area contributed by atoms with Crippen molar-refractivity contribution in [3.8, 4) is 5.75 Å². The van der Waals surface area contributed by atoms with Crippen molar-refractivity contribution < 1.29 is 14.6 Å². The van der Waals surface area contributed by atoms with Crippen LogP contribution >= 0.6 is 0 Å². The van der Waals surface area contributed by atoms with Crippen LogP contribution in [0.1, 0.15) is 17.2 Å². The molecule has 0 unspecified atom stereocenters. The SMILES string of the molecule is COc1ccc(CCNC(=O)NC[C@H](O)c2ccc3c(ccn3C)c2)cc1. The Morgan fingerprint density at radius 2 is 1.93 bits per heavy atom. The van der Waals surface area contributed by atoms with Crippen molar-refractivity contribution in [3.05, 3.63) is 65.9 Å². The number of hydrogen-bond acceptors (Lipinski definition) is 3. The number of aliphatic hydroxyl groups is 1. The van der Waals surface area contributed by atoms with Gasteiger partial charge in [0, 0.05) is 31.9 Å². The summed E-state index contributed by atoms with van der Waals surface area (Å²) in [5.41, 5.74) is 3.01.